The van der Waals surface area contributed by atoms with E-state index in [0.29, 0.717) is 12.5 Å². The van der Waals surface area contributed by atoms with Crippen molar-refractivity contribution in [3.05, 3.63) is 51.0 Å². The van der Waals surface area contributed by atoms with Gasteiger partial charge < -0.3 is 9.47 Å². The SMILES string of the molecule is COc1cc(=O)n(Cc2cc3c(cc2Cl)[C@@](C#CC2CC2)(C(C)(F)F)OC(=O)N3)cn1. The molecule has 1 fully saturated rings. The molecule has 2 aliphatic rings. The van der Waals surface area contributed by atoms with Crippen molar-refractivity contribution in [1.82, 2.24) is 9.55 Å². The maximum Gasteiger partial charge on any atom is 0.413 e. The number of benzene rings is 1. The highest BCUT2D eigenvalue weighted by atomic mass is 35.5. The predicted octanol–water partition coefficient (Wildman–Crippen LogP) is 3.78. The predicted molar refractivity (Wildman–Crippen MR) is 109 cm³/mol. The summed E-state index contributed by atoms with van der Waals surface area (Å²) in [5.41, 5.74) is -2.38. The van der Waals surface area contributed by atoms with Gasteiger partial charge in [-0.15, -0.1) is 0 Å². The summed E-state index contributed by atoms with van der Waals surface area (Å²) in [6.07, 6.45) is 1.88. The molecule has 7 nitrogen and oxygen atoms in total. The minimum absolute atomic E-state index is 0.00192. The molecule has 1 N–H and O–H groups in total. The number of nitrogens with zero attached hydrogens (tertiary/aromatic N) is 2. The van der Waals surface area contributed by atoms with Crippen LogP contribution in [0.3, 0.4) is 0 Å². The van der Waals surface area contributed by atoms with E-state index in [1.807, 2.05) is 0 Å². The maximum atomic E-state index is 14.8. The summed E-state index contributed by atoms with van der Waals surface area (Å²) in [5, 5.41) is 2.55. The molecular formula is C21H18ClF2N3O4. The number of carbonyl (C=O) groups is 1. The Bertz CT molecular complexity index is 1180. The molecule has 0 saturated heterocycles. The van der Waals surface area contributed by atoms with Crippen LogP contribution in [0.25, 0.3) is 0 Å². The summed E-state index contributed by atoms with van der Waals surface area (Å²) in [4.78, 5) is 28.4. The lowest BCUT2D eigenvalue weighted by atomic mass is 9.85. The number of fused-ring (bicyclic) bond motifs is 1. The molecule has 0 unspecified atom stereocenters. The normalized spacial score (nSPS) is 20.1. The fraction of sp³-hybridized carbons (Fsp3) is 0.381. The third kappa shape index (κ3) is 3.95. The monoisotopic (exact) mass is 449 g/mol. The van der Waals surface area contributed by atoms with E-state index in [-0.39, 0.29) is 34.6 Å². The molecular weight excluding hydrogens is 432 g/mol. The van der Waals surface area contributed by atoms with Crippen LogP contribution in [0.2, 0.25) is 5.02 Å². The lowest BCUT2D eigenvalue weighted by molar-refractivity contribution is -0.142. The van der Waals surface area contributed by atoms with Gasteiger partial charge in [0.05, 0.1) is 25.4 Å². The number of hydrogen-bond acceptors (Lipinski definition) is 5. The number of methoxy groups -OCH3 is 1. The van der Waals surface area contributed by atoms with Gasteiger partial charge in [-0.2, -0.15) is 0 Å². The number of rotatable bonds is 4. The maximum absolute atomic E-state index is 14.8. The van der Waals surface area contributed by atoms with Crippen LogP contribution in [0, 0.1) is 17.8 Å². The number of anilines is 1. The van der Waals surface area contributed by atoms with Gasteiger partial charge in [-0.3, -0.25) is 14.7 Å². The second kappa shape index (κ2) is 7.54. The van der Waals surface area contributed by atoms with Crippen molar-refractivity contribution in [2.45, 2.75) is 37.8 Å². The van der Waals surface area contributed by atoms with Gasteiger partial charge in [-0.1, -0.05) is 17.5 Å². The number of carbonyl (C=O) groups excluding carboxylic acids is 1. The molecule has 1 aromatic carbocycles. The first-order valence-corrected chi connectivity index (χ1v) is 9.84. The summed E-state index contributed by atoms with van der Waals surface area (Å²) in [6, 6.07) is 3.94. The van der Waals surface area contributed by atoms with Crippen molar-refractivity contribution in [3.8, 4) is 17.7 Å². The molecule has 0 spiro atoms. The Morgan fingerprint density at radius 3 is 2.74 bits per heavy atom. The van der Waals surface area contributed by atoms with Crippen LogP contribution in [-0.2, 0) is 16.9 Å². The molecule has 31 heavy (non-hydrogen) atoms. The molecule has 2 heterocycles. The molecule has 162 valence electrons. The number of aromatic nitrogens is 2. The first kappa shape index (κ1) is 21.1. The number of alkyl halides is 2. The Balaban J connectivity index is 1.80. The van der Waals surface area contributed by atoms with Gasteiger partial charge in [0.1, 0.15) is 6.33 Å². The minimum atomic E-state index is -3.50. The average molecular weight is 450 g/mol. The van der Waals surface area contributed by atoms with Crippen molar-refractivity contribution < 1.29 is 23.0 Å². The number of nitrogens with one attached hydrogen (secondary N) is 1. The molecule has 0 radical (unpaired) electrons. The molecule has 1 atom stereocenters. The fourth-order valence-electron chi connectivity index (χ4n) is 3.25. The summed E-state index contributed by atoms with van der Waals surface area (Å²) < 4.78 is 40.8. The van der Waals surface area contributed by atoms with Crippen molar-refractivity contribution in [2.75, 3.05) is 12.4 Å². The van der Waals surface area contributed by atoms with Crippen LogP contribution in [0.15, 0.2) is 29.3 Å². The van der Waals surface area contributed by atoms with Gasteiger partial charge in [0.15, 0.2) is 0 Å². The topological polar surface area (TPSA) is 82.5 Å². The van der Waals surface area contributed by atoms with Gasteiger partial charge in [0.2, 0.25) is 5.88 Å². The van der Waals surface area contributed by atoms with Gasteiger partial charge >= 0.3 is 6.09 Å². The van der Waals surface area contributed by atoms with Crippen LogP contribution in [0.5, 0.6) is 5.88 Å². The second-order valence-corrected chi connectivity index (χ2v) is 7.92. The number of ether oxygens (including phenoxy) is 2. The lowest BCUT2D eigenvalue weighted by Gasteiger charge is -2.38. The van der Waals surface area contributed by atoms with Gasteiger partial charge in [-0.05, 0) is 36.5 Å². The number of hydrogen-bond donors (Lipinski definition) is 1. The Hall–Kier alpha value is -3.12. The summed E-state index contributed by atoms with van der Waals surface area (Å²) in [5.74, 6) is 1.98. The van der Waals surface area contributed by atoms with E-state index in [4.69, 9.17) is 21.1 Å². The molecule has 1 aromatic heterocycles. The minimum Gasteiger partial charge on any atom is -0.481 e. The molecule has 10 heteroatoms. The van der Waals surface area contributed by atoms with Crippen molar-refractivity contribution in [2.24, 2.45) is 5.92 Å². The molecule has 1 amide bonds. The Morgan fingerprint density at radius 2 is 2.13 bits per heavy atom. The van der Waals surface area contributed by atoms with Crippen LogP contribution in [-0.4, -0.2) is 28.7 Å². The first-order valence-electron chi connectivity index (χ1n) is 9.47. The van der Waals surface area contributed by atoms with E-state index in [1.165, 1.54) is 36.2 Å². The third-order valence-electron chi connectivity index (χ3n) is 5.10. The van der Waals surface area contributed by atoms with Gasteiger partial charge in [0.25, 0.3) is 17.1 Å². The van der Waals surface area contributed by atoms with Crippen LogP contribution in [0.4, 0.5) is 19.3 Å². The standard InChI is InChI=1S/C21H18ClF2N3O4/c1-20(23,24)21(6-5-12-3-4-12)14-8-15(22)13(7-16(14)26-19(29)31-21)10-27-11-25-17(30-2)9-18(27)28/h7-9,11-12H,3-4,10H2,1-2H3,(H,26,29)/t21-/m0/s1. The Labute approximate surface area is 181 Å². The summed E-state index contributed by atoms with van der Waals surface area (Å²) >= 11 is 6.39. The fourth-order valence-corrected chi connectivity index (χ4v) is 3.47. The summed E-state index contributed by atoms with van der Waals surface area (Å²) in [6.45, 7) is 0.656. The second-order valence-electron chi connectivity index (χ2n) is 7.51. The lowest BCUT2D eigenvalue weighted by Crippen LogP contribution is -2.50. The first-order chi connectivity index (χ1) is 14.6. The van der Waals surface area contributed by atoms with E-state index < -0.39 is 23.2 Å². The Kier molecular flexibility index (Phi) is 5.13. The van der Waals surface area contributed by atoms with Crippen LogP contribution in [0.1, 0.15) is 30.9 Å². The highest BCUT2D eigenvalue weighted by Gasteiger charge is 2.57. The van der Waals surface area contributed by atoms with E-state index in [0.717, 1.165) is 12.8 Å². The largest absolute Gasteiger partial charge is 0.481 e. The van der Waals surface area contributed by atoms with Crippen molar-refractivity contribution in [3.63, 3.8) is 0 Å². The van der Waals surface area contributed by atoms with Gasteiger partial charge in [-0.25, -0.2) is 18.6 Å². The number of amides is 1. The third-order valence-corrected chi connectivity index (χ3v) is 5.45. The molecule has 1 aliphatic carbocycles. The molecule has 1 saturated carbocycles. The number of cyclic esters (lactones) is 1. The smallest absolute Gasteiger partial charge is 0.413 e. The zero-order chi connectivity index (χ0) is 22.4. The van der Waals surface area contributed by atoms with Crippen LogP contribution >= 0.6 is 11.6 Å². The quantitative estimate of drug-likeness (QED) is 0.718. The number of halogens is 3. The molecule has 4 rings (SSSR count). The average Bonchev–Trinajstić information content (AvgIpc) is 3.52. The highest BCUT2D eigenvalue weighted by molar-refractivity contribution is 6.31. The van der Waals surface area contributed by atoms with Crippen molar-refractivity contribution in [1.29, 1.82) is 0 Å². The molecule has 0 bridgehead atoms. The molecule has 1 aliphatic heterocycles. The van der Waals surface area contributed by atoms with Crippen molar-refractivity contribution >= 4 is 23.4 Å². The van der Waals surface area contributed by atoms with Crippen LogP contribution < -0.4 is 15.6 Å². The van der Waals surface area contributed by atoms with E-state index >= 15 is 0 Å². The van der Waals surface area contributed by atoms with E-state index in [1.54, 1.807) is 0 Å². The van der Waals surface area contributed by atoms with E-state index in [9.17, 15) is 18.4 Å². The zero-order valence-corrected chi connectivity index (χ0v) is 17.4. The summed E-state index contributed by atoms with van der Waals surface area (Å²) in [7, 11) is 1.39. The van der Waals surface area contributed by atoms with E-state index in [2.05, 4.69) is 22.1 Å². The highest BCUT2D eigenvalue weighted by Crippen LogP contribution is 2.48. The van der Waals surface area contributed by atoms with Gasteiger partial charge in [0, 0.05) is 23.4 Å². The zero-order valence-electron chi connectivity index (χ0n) is 16.7. The molecule has 2 aromatic rings. The Morgan fingerprint density at radius 1 is 1.39 bits per heavy atom.